The minimum absolute atomic E-state index is 0.129. The molecule has 3 aromatic rings. The van der Waals surface area contributed by atoms with Crippen LogP contribution in [-0.2, 0) is 0 Å². The molecule has 0 radical (unpaired) electrons. The molecule has 1 aromatic heterocycles. The molecule has 0 unspecified atom stereocenters. The highest BCUT2D eigenvalue weighted by atomic mass is 127. The van der Waals surface area contributed by atoms with E-state index in [1.807, 2.05) is 47.4 Å². The Labute approximate surface area is 181 Å². The molecule has 2 aromatic carbocycles. The molecule has 0 atom stereocenters. The van der Waals surface area contributed by atoms with Crippen LogP contribution >= 0.6 is 33.9 Å². The van der Waals surface area contributed by atoms with Crippen molar-refractivity contribution in [3.63, 3.8) is 0 Å². The van der Waals surface area contributed by atoms with Crippen LogP contribution in [0.1, 0.15) is 23.2 Å². The molecule has 1 aliphatic rings. The summed E-state index contributed by atoms with van der Waals surface area (Å²) < 4.78 is 13.3. The fraction of sp³-hybridized carbons (Fsp3) is 0.333. The number of hydrogen-bond acceptors (Lipinski definition) is 5. The van der Waals surface area contributed by atoms with E-state index in [-0.39, 0.29) is 5.91 Å². The van der Waals surface area contributed by atoms with Gasteiger partial charge in [0, 0.05) is 16.7 Å². The SMILES string of the molecule is COc1ccc2nc(OCC3CCN(C(=O)c4ccccc4I)CC3)sc2c1. The summed E-state index contributed by atoms with van der Waals surface area (Å²) in [6.45, 7) is 2.19. The molecular weight excluding hydrogens is 487 g/mol. The van der Waals surface area contributed by atoms with Gasteiger partial charge in [-0.15, -0.1) is 0 Å². The molecule has 28 heavy (non-hydrogen) atoms. The lowest BCUT2D eigenvalue weighted by Crippen LogP contribution is -2.40. The maximum Gasteiger partial charge on any atom is 0.274 e. The summed E-state index contributed by atoms with van der Waals surface area (Å²) in [4.78, 5) is 19.2. The Morgan fingerprint density at radius 2 is 2.04 bits per heavy atom. The third-order valence-electron chi connectivity index (χ3n) is 5.02. The van der Waals surface area contributed by atoms with Gasteiger partial charge in [-0.05, 0) is 71.7 Å². The van der Waals surface area contributed by atoms with Gasteiger partial charge in [0.2, 0.25) is 0 Å². The van der Waals surface area contributed by atoms with Gasteiger partial charge in [0.25, 0.3) is 11.1 Å². The number of nitrogens with zero attached hydrogens (tertiary/aromatic N) is 2. The lowest BCUT2D eigenvalue weighted by atomic mass is 9.97. The number of amides is 1. The van der Waals surface area contributed by atoms with E-state index < -0.39 is 0 Å². The number of benzene rings is 2. The summed E-state index contributed by atoms with van der Waals surface area (Å²) in [6, 6.07) is 13.6. The van der Waals surface area contributed by atoms with Crippen LogP contribution in [0.4, 0.5) is 0 Å². The first kappa shape index (κ1) is 19.4. The van der Waals surface area contributed by atoms with Crippen LogP contribution in [0, 0.1) is 9.49 Å². The first-order chi connectivity index (χ1) is 13.6. The lowest BCUT2D eigenvalue weighted by Gasteiger charge is -2.32. The number of piperidine rings is 1. The third kappa shape index (κ3) is 4.25. The molecule has 1 saturated heterocycles. The standard InChI is InChI=1S/C21H21IN2O3S/c1-26-15-6-7-18-19(12-15)28-21(23-18)27-13-14-8-10-24(11-9-14)20(25)16-4-2-3-5-17(16)22/h2-7,12,14H,8-11,13H2,1H3. The second-order valence-corrected chi connectivity index (χ2v) is 9.00. The van der Waals surface area contributed by atoms with Crippen LogP contribution in [0.25, 0.3) is 10.2 Å². The zero-order valence-electron chi connectivity index (χ0n) is 15.6. The van der Waals surface area contributed by atoms with Crippen molar-refractivity contribution in [3.05, 3.63) is 51.6 Å². The van der Waals surface area contributed by atoms with Crippen LogP contribution in [0.15, 0.2) is 42.5 Å². The summed E-state index contributed by atoms with van der Waals surface area (Å²) in [5, 5.41) is 0.695. The van der Waals surface area contributed by atoms with E-state index in [1.54, 1.807) is 18.4 Å². The number of ether oxygens (including phenoxy) is 2. The maximum atomic E-state index is 12.7. The molecule has 1 fully saturated rings. The number of carbonyl (C=O) groups excluding carboxylic acids is 1. The highest BCUT2D eigenvalue weighted by Crippen LogP contribution is 2.31. The first-order valence-corrected chi connectivity index (χ1v) is 11.1. The van der Waals surface area contributed by atoms with Crippen molar-refractivity contribution in [2.45, 2.75) is 12.8 Å². The van der Waals surface area contributed by atoms with Crippen LogP contribution in [0.2, 0.25) is 0 Å². The molecule has 4 rings (SSSR count). The summed E-state index contributed by atoms with van der Waals surface area (Å²) in [6.07, 6.45) is 1.90. The Hall–Kier alpha value is -1.87. The van der Waals surface area contributed by atoms with E-state index in [0.717, 1.165) is 51.0 Å². The fourth-order valence-electron chi connectivity index (χ4n) is 3.37. The van der Waals surface area contributed by atoms with Crippen molar-refractivity contribution in [2.75, 3.05) is 26.8 Å². The summed E-state index contributed by atoms with van der Waals surface area (Å²) in [5.41, 5.74) is 1.72. The molecule has 1 aliphatic heterocycles. The predicted octanol–water partition coefficient (Wildman–Crippen LogP) is 4.84. The van der Waals surface area contributed by atoms with Gasteiger partial charge in [-0.25, -0.2) is 4.98 Å². The summed E-state index contributed by atoms with van der Waals surface area (Å²) >= 11 is 3.77. The topological polar surface area (TPSA) is 51.7 Å². The van der Waals surface area contributed by atoms with E-state index >= 15 is 0 Å². The van der Waals surface area contributed by atoms with Crippen molar-refractivity contribution >= 4 is 50.1 Å². The summed E-state index contributed by atoms with van der Waals surface area (Å²) in [7, 11) is 1.66. The maximum absolute atomic E-state index is 12.7. The Bertz CT molecular complexity index is 983. The van der Waals surface area contributed by atoms with Crippen LogP contribution in [0.5, 0.6) is 10.9 Å². The number of rotatable bonds is 5. The number of thiazole rings is 1. The number of likely N-dealkylation sites (tertiary alicyclic amines) is 1. The number of hydrogen-bond donors (Lipinski definition) is 0. The van der Waals surface area contributed by atoms with E-state index in [4.69, 9.17) is 9.47 Å². The highest BCUT2D eigenvalue weighted by molar-refractivity contribution is 14.1. The van der Waals surface area contributed by atoms with Crippen LogP contribution in [-0.4, -0.2) is 42.6 Å². The molecule has 2 heterocycles. The van der Waals surface area contributed by atoms with E-state index in [9.17, 15) is 4.79 Å². The van der Waals surface area contributed by atoms with Gasteiger partial charge < -0.3 is 14.4 Å². The number of fused-ring (bicyclic) bond motifs is 1. The number of carbonyl (C=O) groups is 1. The van der Waals surface area contributed by atoms with Crippen molar-refractivity contribution in [1.82, 2.24) is 9.88 Å². The molecule has 0 aliphatic carbocycles. The monoisotopic (exact) mass is 508 g/mol. The second kappa shape index (κ2) is 8.65. The van der Waals surface area contributed by atoms with Crippen molar-refractivity contribution < 1.29 is 14.3 Å². The van der Waals surface area contributed by atoms with Gasteiger partial charge in [-0.1, -0.05) is 23.5 Å². The minimum atomic E-state index is 0.129. The van der Waals surface area contributed by atoms with Gasteiger partial charge in [0.1, 0.15) is 5.75 Å². The molecule has 146 valence electrons. The van der Waals surface area contributed by atoms with Crippen molar-refractivity contribution in [2.24, 2.45) is 5.92 Å². The molecule has 0 spiro atoms. The van der Waals surface area contributed by atoms with Gasteiger partial charge in [0.15, 0.2) is 0 Å². The molecule has 5 nitrogen and oxygen atoms in total. The van der Waals surface area contributed by atoms with Gasteiger partial charge in [0.05, 0.1) is 29.5 Å². The zero-order valence-corrected chi connectivity index (χ0v) is 18.5. The van der Waals surface area contributed by atoms with Crippen molar-refractivity contribution in [1.29, 1.82) is 0 Å². The summed E-state index contributed by atoms with van der Waals surface area (Å²) in [5.74, 6) is 1.40. The normalized spacial score (nSPS) is 15.0. The first-order valence-electron chi connectivity index (χ1n) is 9.25. The quantitative estimate of drug-likeness (QED) is 0.463. The zero-order chi connectivity index (χ0) is 19.5. The van der Waals surface area contributed by atoms with E-state index in [1.165, 1.54) is 0 Å². The molecule has 0 bridgehead atoms. The number of methoxy groups -OCH3 is 1. The number of aromatic nitrogens is 1. The fourth-order valence-corrected chi connectivity index (χ4v) is 4.84. The Balaban J connectivity index is 1.31. The molecule has 0 saturated carbocycles. The van der Waals surface area contributed by atoms with Gasteiger partial charge >= 0.3 is 0 Å². The predicted molar refractivity (Wildman–Crippen MR) is 119 cm³/mol. The molecular formula is C21H21IN2O3S. The lowest BCUT2D eigenvalue weighted by molar-refractivity contribution is 0.0660. The van der Waals surface area contributed by atoms with Crippen LogP contribution in [0.3, 0.4) is 0 Å². The Morgan fingerprint density at radius 1 is 1.25 bits per heavy atom. The minimum Gasteiger partial charge on any atom is -0.497 e. The third-order valence-corrected chi connectivity index (χ3v) is 6.90. The van der Waals surface area contributed by atoms with Crippen LogP contribution < -0.4 is 9.47 Å². The van der Waals surface area contributed by atoms with E-state index in [0.29, 0.717) is 17.7 Å². The molecule has 1 amide bonds. The molecule has 7 heteroatoms. The molecule has 0 N–H and O–H groups in total. The average molecular weight is 508 g/mol. The smallest absolute Gasteiger partial charge is 0.274 e. The van der Waals surface area contributed by atoms with E-state index in [2.05, 4.69) is 27.6 Å². The van der Waals surface area contributed by atoms with Crippen molar-refractivity contribution in [3.8, 4) is 10.9 Å². The number of halogens is 1. The van der Waals surface area contributed by atoms with Gasteiger partial charge in [-0.3, -0.25) is 4.79 Å². The Kier molecular flexibility index (Phi) is 6.01. The second-order valence-electron chi connectivity index (χ2n) is 6.84. The largest absolute Gasteiger partial charge is 0.497 e. The highest BCUT2D eigenvalue weighted by Gasteiger charge is 2.25. The Morgan fingerprint density at radius 3 is 2.79 bits per heavy atom. The average Bonchev–Trinajstić information content (AvgIpc) is 3.14. The van der Waals surface area contributed by atoms with Gasteiger partial charge in [-0.2, -0.15) is 0 Å².